The van der Waals surface area contributed by atoms with E-state index in [1.54, 1.807) is 6.07 Å². The number of aromatic carboxylic acids is 1. The highest BCUT2D eigenvalue weighted by Gasteiger charge is 2.22. The number of anilines is 1. The first-order valence-corrected chi connectivity index (χ1v) is 7.57. The molecule has 1 atom stereocenters. The van der Waals surface area contributed by atoms with Crippen molar-refractivity contribution in [1.29, 1.82) is 0 Å². The molecule has 1 N–H and O–H groups in total. The van der Waals surface area contributed by atoms with Crippen LogP contribution in [-0.2, 0) is 0 Å². The number of nitrogens with zero attached hydrogens (tertiary/aromatic N) is 2. The SMILES string of the molecule is CCC1CCCN(c2nc(C(=O)O)cc3ccccc23)C1. The summed E-state index contributed by atoms with van der Waals surface area (Å²) in [6, 6.07) is 9.55. The monoisotopic (exact) mass is 284 g/mol. The summed E-state index contributed by atoms with van der Waals surface area (Å²) < 4.78 is 0. The summed E-state index contributed by atoms with van der Waals surface area (Å²) in [5.41, 5.74) is 0.127. The number of aromatic nitrogens is 1. The molecule has 1 aromatic carbocycles. The van der Waals surface area contributed by atoms with Crippen molar-refractivity contribution >= 4 is 22.6 Å². The molecule has 0 amide bonds. The minimum atomic E-state index is -0.967. The average Bonchev–Trinajstić information content (AvgIpc) is 2.53. The molecule has 1 aliphatic heterocycles. The average molecular weight is 284 g/mol. The summed E-state index contributed by atoms with van der Waals surface area (Å²) in [5, 5.41) is 11.3. The van der Waals surface area contributed by atoms with E-state index in [-0.39, 0.29) is 5.69 Å². The van der Waals surface area contributed by atoms with Crippen LogP contribution in [0.3, 0.4) is 0 Å². The van der Waals surface area contributed by atoms with E-state index in [0.717, 1.165) is 42.5 Å². The molecule has 0 aliphatic carbocycles. The molecule has 2 aromatic rings. The minimum Gasteiger partial charge on any atom is -0.477 e. The van der Waals surface area contributed by atoms with E-state index >= 15 is 0 Å². The Kier molecular flexibility index (Phi) is 3.78. The Morgan fingerprint density at radius 3 is 3.00 bits per heavy atom. The molecule has 4 heteroatoms. The summed E-state index contributed by atoms with van der Waals surface area (Å²) in [6.45, 7) is 4.14. The molecule has 21 heavy (non-hydrogen) atoms. The predicted octanol–water partition coefficient (Wildman–Crippen LogP) is 3.56. The smallest absolute Gasteiger partial charge is 0.354 e. The third kappa shape index (κ3) is 2.71. The minimum absolute atomic E-state index is 0.127. The van der Waals surface area contributed by atoms with Crippen LogP contribution < -0.4 is 4.90 Å². The van der Waals surface area contributed by atoms with Gasteiger partial charge in [0, 0.05) is 18.5 Å². The molecule has 0 radical (unpaired) electrons. The number of pyridine rings is 1. The second-order valence-electron chi connectivity index (χ2n) is 5.72. The van der Waals surface area contributed by atoms with Gasteiger partial charge in [0.25, 0.3) is 0 Å². The van der Waals surface area contributed by atoms with Gasteiger partial charge in [0.15, 0.2) is 5.69 Å². The number of carboxylic acid groups (broad SMARTS) is 1. The van der Waals surface area contributed by atoms with Gasteiger partial charge >= 0.3 is 5.97 Å². The first kappa shape index (κ1) is 13.9. The van der Waals surface area contributed by atoms with Crippen LogP contribution in [0.5, 0.6) is 0 Å². The van der Waals surface area contributed by atoms with E-state index in [4.69, 9.17) is 0 Å². The van der Waals surface area contributed by atoms with Crippen LogP contribution in [-0.4, -0.2) is 29.1 Å². The molecule has 1 aromatic heterocycles. The Bertz CT molecular complexity index is 669. The largest absolute Gasteiger partial charge is 0.477 e. The second-order valence-corrected chi connectivity index (χ2v) is 5.72. The number of carboxylic acids is 1. The van der Waals surface area contributed by atoms with Gasteiger partial charge in [-0.3, -0.25) is 0 Å². The molecule has 3 rings (SSSR count). The van der Waals surface area contributed by atoms with Crippen molar-refractivity contribution < 1.29 is 9.90 Å². The molecule has 1 unspecified atom stereocenters. The van der Waals surface area contributed by atoms with Crippen molar-refractivity contribution in [2.75, 3.05) is 18.0 Å². The van der Waals surface area contributed by atoms with Crippen LogP contribution in [0.2, 0.25) is 0 Å². The van der Waals surface area contributed by atoms with Crippen LogP contribution in [0.1, 0.15) is 36.7 Å². The highest BCUT2D eigenvalue weighted by Crippen LogP contribution is 2.30. The van der Waals surface area contributed by atoms with Crippen LogP contribution in [0.15, 0.2) is 30.3 Å². The number of hydrogen-bond donors (Lipinski definition) is 1. The zero-order valence-electron chi connectivity index (χ0n) is 12.2. The lowest BCUT2D eigenvalue weighted by molar-refractivity contribution is 0.0691. The maximum absolute atomic E-state index is 11.3. The standard InChI is InChI=1S/C17H20N2O2/c1-2-12-6-5-9-19(11-12)16-14-8-4-3-7-13(14)10-15(18-16)17(20)21/h3-4,7-8,10,12H,2,5-6,9,11H2,1H3,(H,20,21). The van der Waals surface area contributed by atoms with Crippen LogP contribution in [0.4, 0.5) is 5.82 Å². The highest BCUT2D eigenvalue weighted by atomic mass is 16.4. The number of benzene rings is 1. The van der Waals surface area contributed by atoms with E-state index in [9.17, 15) is 9.90 Å². The van der Waals surface area contributed by atoms with Crippen molar-refractivity contribution in [2.24, 2.45) is 5.92 Å². The van der Waals surface area contributed by atoms with Crippen LogP contribution in [0, 0.1) is 5.92 Å². The maximum Gasteiger partial charge on any atom is 0.354 e. The Labute approximate surface area is 124 Å². The van der Waals surface area contributed by atoms with Crippen molar-refractivity contribution in [3.05, 3.63) is 36.0 Å². The Balaban J connectivity index is 2.09. The topological polar surface area (TPSA) is 53.4 Å². The van der Waals surface area contributed by atoms with Gasteiger partial charge in [0.05, 0.1) is 0 Å². The maximum atomic E-state index is 11.3. The number of rotatable bonds is 3. The fourth-order valence-corrected chi connectivity index (χ4v) is 3.12. The third-order valence-electron chi connectivity index (χ3n) is 4.34. The highest BCUT2D eigenvalue weighted by molar-refractivity contribution is 5.98. The van der Waals surface area contributed by atoms with Crippen molar-refractivity contribution in [2.45, 2.75) is 26.2 Å². The summed E-state index contributed by atoms with van der Waals surface area (Å²) in [4.78, 5) is 18.0. The Hall–Kier alpha value is -2.10. The summed E-state index contributed by atoms with van der Waals surface area (Å²) in [5.74, 6) is 0.530. The van der Waals surface area contributed by atoms with Gasteiger partial charge < -0.3 is 10.0 Å². The van der Waals surface area contributed by atoms with Crippen molar-refractivity contribution in [3.63, 3.8) is 0 Å². The molecule has 4 nitrogen and oxygen atoms in total. The summed E-state index contributed by atoms with van der Waals surface area (Å²) in [6.07, 6.45) is 3.56. The van der Waals surface area contributed by atoms with Gasteiger partial charge in [-0.2, -0.15) is 0 Å². The summed E-state index contributed by atoms with van der Waals surface area (Å²) >= 11 is 0. The fraction of sp³-hybridized carbons (Fsp3) is 0.412. The molecule has 1 aliphatic rings. The third-order valence-corrected chi connectivity index (χ3v) is 4.34. The molecule has 0 spiro atoms. The van der Waals surface area contributed by atoms with E-state index in [0.29, 0.717) is 5.92 Å². The molecule has 0 saturated carbocycles. The first-order chi connectivity index (χ1) is 10.2. The number of hydrogen-bond acceptors (Lipinski definition) is 3. The lowest BCUT2D eigenvalue weighted by Gasteiger charge is -2.34. The van der Waals surface area contributed by atoms with Crippen molar-refractivity contribution in [3.8, 4) is 0 Å². The van der Waals surface area contributed by atoms with Gasteiger partial charge in [-0.25, -0.2) is 9.78 Å². The van der Waals surface area contributed by atoms with Gasteiger partial charge in [-0.1, -0.05) is 37.6 Å². The molecular weight excluding hydrogens is 264 g/mol. The predicted molar refractivity (Wildman–Crippen MR) is 83.9 cm³/mol. The van der Waals surface area contributed by atoms with E-state index < -0.39 is 5.97 Å². The van der Waals surface area contributed by atoms with Gasteiger partial charge in [-0.15, -0.1) is 0 Å². The summed E-state index contributed by atoms with van der Waals surface area (Å²) in [7, 11) is 0. The number of piperidine rings is 1. The molecule has 0 bridgehead atoms. The Morgan fingerprint density at radius 2 is 2.24 bits per heavy atom. The fourth-order valence-electron chi connectivity index (χ4n) is 3.12. The second kappa shape index (κ2) is 5.72. The zero-order chi connectivity index (χ0) is 14.8. The lowest BCUT2D eigenvalue weighted by Crippen LogP contribution is -2.36. The van der Waals surface area contributed by atoms with Crippen LogP contribution >= 0.6 is 0 Å². The molecular formula is C17H20N2O2. The lowest BCUT2D eigenvalue weighted by atomic mass is 9.95. The van der Waals surface area contributed by atoms with Gasteiger partial charge in [0.1, 0.15) is 5.82 Å². The van der Waals surface area contributed by atoms with Crippen molar-refractivity contribution in [1.82, 2.24) is 4.98 Å². The quantitative estimate of drug-likeness (QED) is 0.936. The molecule has 1 fully saturated rings. The van der Waals surface area contributed by atoms with E-state index in [1.807, 2.05) is 24.3 Å². The van der Waals surface area contributed by atoms with Gasteiger partial charge in [0.2, 0.25) is 0 Å². The normalized spacial score (nSPS) is 18.9. The Morgan fingerprint density at radius 1 is 1.43 bits per heavy atom. The molecule has 2 heterocycles. The van der Waals surface area contributed by atoms with Crippen LogP contribution in [0.25, 0.3) is 10.8 Å². The van der Waals surface area contributed by atoms with Gasteiger partial charge in [-0.05, 0) is 30.2 Å². The molecule has 1 saturated heterocycles. The first-order valence-electron chi connectivity index (χ1n) is 7.57. The molecule has 110 valence electrons. The zero-order valence-corrected chi connectivity index (χ0v) is 12.2. The number of carbonyl (C=O) groups is 1. The van der Waals surface area contributed by atoms with E-state index in [1.165, 1.54) is 6.42 Å². The number of fused-ring (bicyclic) bond motifs is 1. The van der Waals surface area contributed by atoms with E-state index in [2.05, 4.69) is 16.8 Å².